The quantitative estimate of drug-likeness (QED) is 0.669. The lowest BCUT2D eigenvalue weighted by molar-refractivity contribution is -0.132. The molecule has 0 aromatic rings. The smallest absolute Gasteiger partial charge is 0.331 e. The van der Waals surface area contributed by atoms with Crippen molar-refractivity contribution in [3.8, 4) is 0 Å². The van der Waals surface area contributed by atoms with Crippen LogP contribution in [0.2, 0.25) is 0 Å². The number of hydrogen-bond acceptors (Lipinski definition) is 1. The van der Waals surface area contributed by atoms with Gasteiger partial charge < -0.3 is 5.11 Å². The maximum atomic E-state index is 10.7. The minimum Gasteiger partial charge on any atom is -0.478 e. The van der Waals surface area contributed by atoms with Gasteiger partial charge >= 0.3 is 5.97 Å². The molecule has 2 heteroatoms. The van der Waals surface area contributed by atoms with Crippen LogP contribution in [0.5, 0.6) is 0 Å². The molecule has 2 aliphatic carbocycles. The van der Waals surface area contributed by atoms with Crippen LogP contribution in [-0.2, 0) is 4.79 Å². The van der Waals surface area contributed by atoms with E-state index in [0.29, 0.717) is 11.5 Å². The number of aliphatic carboxylic acids is 1. The van der Waals surface area contributed by atoms with Crippen LogP contribution < -0.4 is 0 Å². The first-order valence-corrected chi connectivity index (χ1v) is 4.91. The van der Waals surface area contributed by atoms with Gasteiger partial charge in [0.2, 0.25) is 0 Å². The Balaban J connectivity index is 2.24. The zero-order valence-electron chi connectivity index (χ0n) is 7.62. The minimum absolute atomic E-state index is 0.587. The van der Waals surface area contributed by atoms with Gasteiger partial charge in [0, 0.05) is 5.57 Å². The van der Waals surface area contributed by atoms with Crippen molar-refractivity contribution in [2.24, 2.45) is 5.92 Å². The van der Waals surface area contributed by atoms with E-state index in [9.17, 15) is 4.79 Å². The minimum atomic E-state index is -0.745. The molecule has 0 saturated heterocycles. The van der Waals surface area contributed by atoms with Crippen LogP contribution in [0.25, 0.3) is 0 Å². The van der Waals surface area contributed by atoms with Crippen molar-refractivity contribution in [2.45, 2.75) is 32.1 Å². The highest BCUT2D eigenvalue weighted by atomic mass is 16.4. The van der Waals surface area contributed by atoms with E-state index < -0.39 is 5.97 Å². The number of carbonyl (C=O) groups is 1. The van der Waals surface area contributed by atoms with Gasteiger partial charge in [0.15, 0.2) is 0 Å². The van der Waals surface area contributed by atoms with E-state index in [0.717, 1.165) is 19.3 Å². The molecule has 0 amide bonds. The molecule has 1 atom stereocenters. The van der Waals surface area contributed by atoms with E-state index in [2.05, 4.69) is 6.08 Å². The van der Waals surface area contributed by atoms with Crippen LogP contribution >= 0.6 is 0 Å². The normalized spacial score (nSPS) is 27.2. The van der Waals surface area contributed by atoms with Gasteiger partial charge in [0.05, 0.1) is 0 Å². The number of carboxylic acid groups (broad SMARTS) is 1. The standard InChI is InChI=1S/C11H14O2/c12-11(13)10-6-5-8-3-1-2-4-9(8)7-10/h4,7-8H,1-3,5-6H2,(H,12,13). The van der Waals surface area contributed by atoms with Crippen molar-refractivity contribution >= 4 is 5.97 Å². The number of hydrogen-bond donors (Lipinski definition) is 1. The lowest BCUT2D eigenvalue weighted by atomic mass is 9.79. The van der Waals surface area contributed by atoms with Crippen LogP contribution in [-0.4, -0.2) is 11.1 Å². The molecule has 2 aliphatic rings. The van der Waals surface area contributed by atoms with Gasteiger partial charge in [-0.05, 0) is 49.7 Å². The second-order valence-electron chi connectivity index (χ2n) is 3.85. The molecular weight excluding hydrogens is 164 g/mol. The van der Waals surface area contributed by atoms with Crippen molar-refractivity contribution in [3.63, 3.8) is 0 Å². The maximum Gasteiger partial charge on any atom is 0.331 e. The van der Waals surface area contributed by atoms with Gasteiger partial charge in [-0.2, -0.15) is 0 Å². The van der Waals surface area contributed by atoms with E-state index in [1.165, 1.54) is 18.4 Å². The predicted octanol–water partition coefficient (Wildman–Crippen LogP) is 2.52. The summed E-state index contributed by atoms with van der Waals surface area (Å²) in [6.07, 6.45) is 9.50. The molecule has 0 aromatic heterocycles. The third-order valence-corrected chi connectivity index (χ3v) is 2.99. The van der Waals surface area contributed by atoms with Crippen LogP contribution in [0, 0.1) is 5.92 Å². The Kier molecular flexibility index (Phi) is 2.21. The first-order valence-electron chi connectivity index (χ1n) is 4.91. The molecule has 1 unspecified atom stereocenters. The fraction of sp³-hybridized carbons (Fsp3) is 0.545. The Hall–Kier alpha value is -1.05. The van der Waals surface area contributed by atoms with Crippen LogP contribution in [0.15, 0.2) is 23.3 Å². The van der Waals surface area contributed by atoms with Gasteiger partial charge in [0.25, 0.3) is 0 Å². The molecule has 13 heavy (non-hydrogen) atoms. The number of allylic oxidation sites excluding steroid dienone is 3. The molecule has 1 N–H and O–H groups in total. The average Bonchev–Trinajstić information content (AvgIpc) is 2.17. The second kappa shape index (κ2) is 3.36. The highest BCUT2D eigenvalue weighted by Gasteiger charge is 2.23. The van der Waals surface area contributed by atoms with Crippen LogP contribution in [0.3, 0.4) is 0 Å². The summed E-state index contributed by atoms with van der Waals surface area (Å²) in [4.78, 5) is 10.7. The first kappa shape index (κ1) is 8.54. The van der Waals surface area contributed by atoms with E-state index in [1.54, 1.807) is 0 Å². The lowest BCUT2D eigenvalue weighted by Gasteiger charge is -2.26. The monoisotopic (exact) mass is 178 g/mol. The number of rotatable bonds is 1. The zero-order chi connectivity index (χ0) is 9.26. The van der Waals surface area contributed by atoms with E-state index in [1.807, 2.05) is 6.08 Å². The predicted molar refractivity (Wildman–Crippen MR) is 50.4 cm³/mol. The highest BCUT2D eigenvalue weighted by Crippen LogP contribution is 2.35. The summed E-state index contributed by atoms with van der Waals surface area (Å²) in [5.74, 6) is -0.0956. The number of fused-ring (bicyclic) bond motifs is 1. The topological polar surface area (TPSA) is 37.3 Å². The molecule has 0 radical (unpaired) electrons. The van der Waals surface area contributed by atoms with E-state index >= 15 is 0 Å². The third kappa shape index (κ3) is 1.67. The molecule has 70 valence electrons. The van der Waals surface area contributed by atoms with Gasteiger partial charge in [-0.1, -0.05) is 6.08 Å². The van der Waals surface area contributed by atoms with E-state index in [-0.39, 0.29) is 0 Å². The van der Waals surface area contributed by atoms with Gasteiger partial charge in [-0.15, -0.1) is 0 Å². The molecule has 0 heterocycles. The molecule has 2 rings (SSSR count). The van der Waals surface area contributed by atoms with Crippen LogP contribution in [0.4, 0.5) is 0 Å². The summed E-state index contributed by atoms with van der Waals surface area (Å²) < 4.78 is 0. The Morgan fingerprint density at radius 2 is 2.31 bits per heavy atom. The fourth-order valence-corrected chi connectivity index (χ4v) is 2.23. The van der Waals surface area contributed by atoms with Crippen molar-refractivity contribution in [3.05, 3.63) is 23.3 Å². The molecule has 0 bridgehead atoms. The molecular formula is C11H14O2. The van der Waals surface area contributed by atoms with Crippen LogP contribution in [0.1, 0.15) is 32.1 Å². The Morgan fingerprint density at radius 3 is 3.08 bits per heavy atom. The van der Waals surface area contributed by atoms with Crippen molar-refractivity contribution < 1.29 is 9.90 Å². The second-order valence-corrected chi connectivity index (χ2v) is 3.85. The summed E-state index contributed by atoms with van der Waals surface area (Å²) in [6, 6.07) is 0. The fourth-order valence-electron chi connectivity index (χ4n) is 2.23. The Labute approximate surface area is 78.0 Å². The van der Waals surface area contributed by atoms with E-state index in [4.69, 9.17) is 5.11 Å². The molecule has 2 nitrogen and oxygen atoms in total. The molecule has 0 spiro atoms. The first-order chi connectivity index (χ1) is 6.27. The average molecular weight is 178 g/mol. The maximum absolute atomic E-state index is 10.7. The molecule has 0 aliphatic heterocycles. The number of carboxylic acids is 1. The molecule has 0 fully saturated rings. The summed E-state index contributed by atoms with van der Waals surface area (Å²) in [7, 11) is 0. The molecule has 0 saturated carbocycles. The summed E-state index contributed by atoms with van der Waals surface area (Å²) >= 11 is 0. The van der Waals surface area contributed by atoms with Gasteiger partial charge in [-0.3, -0.25) is 0 Å². The van der Waals surface area contributed by atoms with Gasteiger partial charge in [0.1, 0.15) is 0 Å². The van der Waals surface area contributed by atoms with Gasteiger partial charge in [-0.25, -0.2) is 4.79 Å². The Morgan fingerprint density at radius 1 is 1.46 bits per heavy atom. The van der Waals surface area contributed by atoms with Crippen molar-refractivity contribution in [2.75, 3.05) is 0 Å². The largest absolute Gasteiger partial charge is 0.478 e. The SMILES string of the molecule is O=C(O)C1=CC2=CCCCC2CC1. The summed E-state index contributed by atoms with van der Waals surface area (Å²) in [5, 5.41) is 8.83. The Bertz CT molecular complexity index is 286. The summed E-state index contributed by atoms with van der Waals surface area (Å²) in [6.45, 7) is 0. The lowest BCUT2D eigenvalue weighted by Crippen LogP contribution is -2.15. The molecule has 0 aromatic carbocycles. The third-order valence-electron chi connectivity index (χ3n) is 2.99. The summed E-state index contributed by atoms with van der Waals surface area (Å²) in [5.41, 5.74) is 1.86. The zero-order valence-corrected chi connectivity index (χ0v) is 7.62. The highest BCUT2D eigenvalue weighted by molar-refractivity contribution is 5.87. The van der Waals surface area contributed by atoms with Crippen molar-refractivity contribution in [1.82, 2.24) is 0 Å². The van der Waals surface area contributed by atoms with Crippen molar-refractivity contribution in [1.29, 1.82) is 0 Å².